The summed E-state index contributed by atoms with van der Waals surface area (Å²) >= 11 is 0. The zero-order valence-electron chi connectivity index (χ0n) is 10.6. The van der Waals surface area contributed by atoms with Crippen molar-refractivity contribution in [3.8, 4) is 0 Å². The number of methoxy groups -OCH3 is 1. The highest BCUT2D eigenvalue weighted by molar-refractivity contribution is 5.95. The van der Waals surface area contributed by atoms with Crippen molar-refractivity contribution in [3.05, 3.63) is 35.3 Å². The number of nitrogen functional groups attached to an aromatic ring is 1. The van der Waals surface area contributed by atoms with Gasteiger partial charge < -0.3 is 20.3 Å². The monoisotopic (exact) mass is 262 g/mol. The van der Waals surface area contributed by atoms with Crippen molar-refractivity contribution < 1.29 is 14.1 Å². The Morgan fingerprint density at radius 1 is 1.53 bits per heavy atom. The van der Waals surface area contributed by atoms with Crippen molar-refractivity contribution in [3.63, 3.8) is 0 Å². The van der Waals surface area contributed by atoms with Gasteiger partial charge in [0.1, 0.15) is 17.3 Å². The van der Waals surface area contributed by atoms with Crippen LogP contribution in [0.15, 0.2) is 22.9 Å². The maximum atomic E-state index is 11.5. The zero-order valence-corrected chi connectivity index (χ0v) is 10.6. The molecular weight excluding hydrogens is 248 g/mol. The summed E-state index contributed by atoms with van der Waals surface area (Å²) in [7, 11) is 1.30. The van der Waals surface area contributed by atoms with Crippen LogP contribution in [0.3, 0.4) is 0 Å². The van der Waals surface area contributed by atoms with Gasteiger partial charge in [0.2, 0.25) is 0 Å². The fourth-order valence-electron chi connectivity index (χ4n) is 1.53. The average Bonchev–Trinajstić information content (AvgIpc) is 2.83. The Kier molecular flexibility index (Phi) is 3.65. The Morgan fingerprint density at radius 3 is 2.95 bits per heavy atom. The summed E-state index contributed by atoms with van der Waals surface area (Å²) in [5.74, 6) is 0.743. The molecule has 2 aromatic heterocycles. The number of hydrogen-bond donors (Lipinski definition) is 2. The van der Waals surface area contributed by atoms with Crippen LogP contribution in [0.2, 0.25) is 0 Å². The molecule has 0 radical (unpaired) electrons. The van der Waals surface area contributed by atoms with E-state index in [1.54, 1.807) is 0 Å². The Balaban J connectivity index is 2.10. The van der Waals surface area contributed by atoms with E-state index >= 15 is 0 Å². The second-order valence-corrected chi connectivity index (χ2v) is 3.93. The highest BCUT2D eigenvalue weighted by Crippen LogP contribution is 2.16. The van der Waals surface area contributed by atoms with E-state index in [9.17, 15) is 4.79 Å². The van der Waals surface area contributed by atoms with Crippen molar-refractivity contribution in [1.82, 2.24) is 10.1 Å². The SMILES string of the molecule is COC(=O)c1cc(NCc2cc(C)on2)ncc1N. The number of nitrogens with zero attached hydrogens (tertiary/aromatic N) is 2. The number of ether oxygens (including phenoxy) is 1. The third kappa shape index (κ3) is 3.01. The van der Waals surface area contributed by atoms with Gasteiger partial charge in [0, 0.05) is 6.07 Å². The summed E-state index contributed by atoms with van der Waals surface area (Å²) in [5.41, 5.74) is 6.95. The molecular formula is C12H14N4O3. The number of aryl methyl sites for hydroxylation is 1. The number of rotatable bonds is 4. The fraction of sp³-hybridized carbons (Fsp3) is 0.250. The first kappa shape index (κ1) is 12.9. The number of hydrogen-bond acceptors (Lipinski definition) is 7. The third-order valence-corrected chi connectivity index (χ3v) is 2.47. The molecule has 0 saturated heterocycles. The second-order valence-electron chi connectivity index (χ2n) is 3.93. The molecule has 0 aliphatic heterocycles. The van der Waals surface area contributed by atoms with Gasteiger partial charge in [0.05, 0.1) is 31.1 Å². The predicted molar refractivity (Wildman–Crippen MR) is 68.6 cm³/mol. The van der Waals surface area contributed by atoms with E-state index in [4.69, 9.17) is 10.3 Å². The molecule has 0 bridgehead atoms. The molecule has 0 aliphatic carbocycles. The highest BCUT2D eigenvalue weighted by Gasteiger charge is 2.11. The van der Waals surface area contributed by atoms with E-state index in [-0.39, 0.29) is 11.3 Å². The number of esters is 1. The lowest BCUT2D eigenvalue weighted by Crippen LogP contribution is -2.09. The molecule has 3 N–H and O–H groups in total. The number of carbonyl (C=O) groups is 1. The number of nitrogens with one attached hydrogen (secondary N) is 1. The molecule has 0 unspecified atom stereocenters. The number of aromatic nitrogens is 2. The van der Waals surface area contributed by atoms with Gasteiger partial charge >= 0.3 is 5.97 Å². The van der Waals surface area contributed by atoms with Gasteiger partial charge in [-0.25, -0.2) is 9.78 Å². The lowest BCUT2D eigenvalue weighted by Gasteiger charge is -2.07. The summed E-state index contributed by atoms with van der Waals surface area (Å²) in [5, 5.41) is 6.86. The normalized spacial score (nSPS) is 10.2. The fourth-order valence-corrected chi connectivity index (χ4v) is 1.53. The van der Waals surface area contributed by atoms with Gasteiger partial charge in [-0.15, -0.1) is 0 Å². The minimum absolute atomic E-state index is 0.273. The van der Waals surface area contributed by atoms with Gasteiger partial charge in [-0.1, -0.05) is 5.16 Å². The predicted octanol–water partition coefficient (Wildman–Crippen LogP) is 1.36. The molecule has 0 aliphatic rings. The summed E-state index contributed by atoms with van der Waals surface area (Å²) in [4.78, 5) is 15.6. The smallest absolute Gasteiger partial charge is 0.340 e. The number of carbonyl (C=O) groups excluding carboxylic acids is 1. The van der Waals surface area contributed by atoms with Gasteiger partial charge in [-0.2, -0.15) is 0 Å². The van der Waals surface area contributed by atoms with Crippen molar-refractivity contribution in [2.24, 2.45) is 0 Å². The molecule has 0 aromatic carbocycles. The van der Waals surface area contributed by atoms with Crippen LogP contribution >= 0.6 is 0 Å². The van der Waals surface area contributed by atoms with E-state index in [2.05, 4.69) is 20.2 Å². The Bertz CT molecular complexity index is 594. The summed E-state index contributed by atoms with van der Waals surface area (Å²) < 4.78 is 9.58. The largest absolute Gasteiger partial charge is 0.465 e. The first-order valence-corrected chi connectivity index (χ1v) is 5.60. The van der Waals surface area contributed by atoms with Gasteiger partial charge in [0.25, 0.3) is 0 Å². The van der Waals surface area contributed by atoms with Crippen LogP contribution in [-0.2, 0) is 11.3 Å². The van der Waals surface area contributed by atoms with Gasteiger partial charge in [-0.05, 0) is 13.0 Å². The van der Waals surface area contributed by atoms with Crippen LogP contribution in [0, 0.1) is 6.92 Å². The van der Waals surface area contributed by atoms with Crippen LogP contribution in [0.25, 0.3) is 0 Å². The van der Waals surface area contributed by atoms with Crippen LogP contribution in [0.5, 0.6) is 0 Å². The quantitative estimate of drug-likeness (QED) is 0.801. The number of anilines is 2. The number of nitrogens with two attached hydrogens (primary N) is 1. The molecule has 19 heavy (non-hydrogen) atoms. The topological polar surface area (TPSA) is 103 Å². The lowest BCUT2D eigenvalue weighted by molar-refractivity contribution is 0.0602. The van der Waals surface area contributed by atoms with Gasteiger partial charge in [-0.3, -0.25) is 0 Å². The van der Waals surface area contributed by atoms with Crippen LogP contribution in [0.4, 0.5) is 11.5 Å². The summed E-state index contributed by atoms with van der Waals surface area (Å²) in [6.07, 6.45) is 1.41. The second kappa shape index (κ2) is 5.38. The van der Waals surface area contributed by atoms with E-state index < -0.39 is 5.97 Å². The van der Waals surface area contributed by atoms with Crippen LogP contribution in [-0.4, -0.2) is 23.2 Å². The van der Waals surface area contributed by atoms with Crippen LogP contribution < -0.4 is 11.1 Å². The summed E-state index contributed by atoms with van der Waals surface area (Å²) in [6.45, 7) is 2.25. The van der Waals surface area contributed by atoms with E-state index in [1.807, 2.05) is 13.0 Å². The molecule has 0 atom stereocenters. The number of pyridine rings is 1. The first-order valence-electron chi connectivity index (χ1n) is 5.60. The van der Waals surface area contributed by atoms with Crippen molar-refractivity contribution >= 4 is 17.5 Å². The van der Waals surface area contributed by atoms with Crippen molar-refractivity contribution in [2.45, 2.75) is 13.5 Å². The Labute approximate surface area is 109 Å². The molecule has 100 valence electrons. The van der Waals surface area contributed by atoms with Crippen molar-refractivity contribution in [2.75, 3.05) is 18.2 Å². The maximum Gasteiger partial charge on any atom is 0.340 e. The minimum atomic E-state index is -0.500. The molecule has 7 nitrogen and oxygen atoms in total. The molecule has 0 spiro atoms. The van der Waals surface area contributed by atoms with Crippen molar-refractivity contribution in [1.29, 1.82) is 0 Å². The Hall–Kier alpha value is -2.57. The van der Waals surface area contributed by atoms with E-state index in [1.165, 1.54) is 19.4 Å². The molecule has 2 rings (SSSR count). The van der Waals surface area contributed by atoms with Crippen LogP contribution in [0.1, 0.15) is 21.8 Å². The molecule has 0 amide bonds. The standard InChI is InChI=1S/C12H14N4O3/c1-7-3-8(16-19-7)5-14-11-4-9(12(17)18-2)10(13)6-15-11/h3-4,6H,5,13H2,1-2H3,(H,14,15). The highest BCUT2D eigenvalue weighted by atomic mass is 16.5. The molecule has 2 heterocycles. The minimum Gasteiger partial charge on any atom is -0.465 e. The van der Waals surface area contributed by atoms with E-state index in [0.717, 1.165) is 11.5 Å². The third-order valence-electron chi connectivity index (χ3n) is 2.47. The molecule has 0 fully saturated rings. The maximum absolute atomic E-state index is 11.5. The molecule has 0 saturated carbocycles. The molecule has 2 aromatic rings. The lowest BCUT2D eigenvalue weighted by atomic mass is 10.2. The average molecular weight is 262 g/mol. The Morgan fingerprint density at radius 2 is 2.32 bits per heavy atom. The van der Waals surface area contributed by atoms with Gasteiger partial charge in [0.15, 0.2) is 0 Å². The first-order chi connectivity index (χ1) is 9.10. The molecule has 7 heteroatoms. The zero-order chi connectivity index (χ0) is 13.8. The summed E-state index contributed by atoms with van der Waals surface area (Å²) in [6, 6.07) is 3.35. The van der Waals surface area contributed by atoms with E-state index in [0.29, 0.717) is 12.4 Å².